The molecule has 0 saturated carbocycles. The lowest BCUT2D eigenvalue weighted by Gasteiger charge is -2.32. The Kier molecular flexibility index (Phi) is 4.47. The summed E-state index contributed by atoms with van der Waals surface area (Å²) in [5.41, 5.74) is -0.349. The first-order valence-corrected chi connectivity index (χ1v) is 7.07. The van der Waals surface area contributed by atoms with E-state index in [9.17, 15) is 12.8 Å². The van der Waals surface area contributed by atoms with E-state index in [-0.39, 0.29) is 17.0 Å². The molecule has 0 saturated heterocycles. The zero-order valence-corrected chi connectivity index (χ0v) is 11.9. The van der Waals surface area contributed by atoms with Gasteiger partial charge in [-0.15, -0.1) is 0 Å². The number of sulfonamides is 1. The van der Waals surface area contributed by atoms with Gasteiger partial charge in [-0.05, 0) is 40.1 Å². The highest BCUT2D eigenvalue weighted by molar-refractivity contribution is 7.89. The Morgan fingerprint density at radius 2 is 1.83 bits per heavy atom. The summed E-state index contributed by atoms with van der Waals surface area (Å²) in [5, 5.41) is 0. The highest BCUT2D eigenvalue weighted by atomic mass is 32.2. The standard InChI is InChI=1S/C12H19FN2O2S/c1-12(2,15(3)4)9-14-18(16,17)11-8-6-5-7-10(11)13/h5-8,14H,9H2,1-4H3. The Balaban J connectivity index is 2.88. The lowest BCUT2D eigenvalue weighted by atomic mass is 10.1. The maximum Gasteiger partial charge on any atom is 0.243 e. The molecule has 0 unspecified atom stereocenters. The Morgan fingerprint density at radius 1 is 1.28 bits per heavy atom. The summed E-state index contributed by atoms with van der Waals surface area (Å²) in [4.78, 5) is 1.58. The summed E-state index contributed by atoms with van der Waals surface area (Å²) in [7, 11) is -0.0923. The number of benzene rings is 1. The van der Waals surface area contributed by atoms with Gasteiger partial charge >= 0.3 is 0 Å². The quantitative estimate of drug-likeness (QED) is 0.884. The molecule has 0 aromatic heterocycles. The van der Waals surface area contributed by atoms with Crippen molar-refractivity contribution in [3.63, 3.8) is 0 Å². The molecular formula is C12H19FN2O2S. The number of likely N-dealkylation sites (N-methyl/N-ethyl adjacent to an activating group) is 1. The molecule has 1 aromatic carbocycles. The Labute approximate surface area is 108 Å². The van der Waals surface area contributed by atoms with E-state index < -0.39 is 15.8 Å². The lowest BCUT2D eigenvalue weighted by Crippen LogP contribution is -2.48. The SMILES string of the molecule is CN(C)C(C)(C)CNS(=O)(=O)c1ccccc1F. The van der Waals surface area contributed by atoms with Gasteiger partial charge < -0.3 is 4.90 Å². The van der Waals surface area contributed by atoms with Crippen LogP contribution < -0.4 is 4.72 Å². The number of halogens is 1. The molecule has 0 bridgehead atoms. The number of nitrogens with zero attached hydrogens (tertiary/aromatic N) is 1. The van der Waals surface area contributed by atoms with Gasteiger partial charge in [-0.25, -0.2) is 17.5 Å². The van der Waals surface area contributed by atoms with Crippen LogP contribution >= 0.6 is 0 Å². The molecule has 0 aliphatic carbocycles. The molecule has 0 fully saturated rings. The molecule has 1 N–H and O–H groups in total. The molecule has 4 nitrogen and oxygen atoms in total. The highest BCUT2D eigenvalue weighted by Crippen LogP contribution is 2.15. The van der Waals surface area contributed by atoms with Crippen molar-refractivity contribution in [3.05, 3.63) is 30.1 Å². The minimum absolute atomic E-state index is 0.205. The molecule has 1 rings (SSSR count). The normalized spacial score (nSPS) is 13.0. The van der Waals surface area contributed by atoms with Crippen molar-refractivity contribution in [3.8, 4) is 0 Å². The Bertz CT molecular complexity index is 513. The Hall–Kier alpha value is -0.980. The number of hydrogen-bond acceptors (Lipinski definition) is 3. The van der Waals surface area contributed by atoms with Gasteiger partial charge in [-0.1, -0.05) is 12.1 Å². The fourth-order valence-electron chi connectivity index (χ4n) is 1.17. The first-order valence-electron chi connectivity index (χ1n) is 5.58. The van der Waals surface area contributed by atoms with E-state index in [1.165, 1.54) is 18.2 Å². The van der Waals surface area contributed by atoms with Crippen LogP contribution in [0.25, 0.3) is 0 Å². The van der Waals surface area contributed by atoms with Gasteiger partial charge in [0.1, 0.15) is 10.7 Å². The van der Waals surface area contributed by atoms with Crippen LogP contribution in [0, 0.1) is 5.82 Å². The monoisotopic (exact) mass is 274 g/mol. The maximum absolute atomic E-state index is 13.4. The van der Waals surface area contributed by atoms with Crippen molar-refractivity contribution < 1.29 is 12.8 Å². The van der Waals surface area contributed by atoms with Gasteiger partial charge in [-0.2, -0.15) is 0 Å². The second-order valence-electron chi connectivity index (χ2n) is 4.96. The number of rotatable bonds is 5. The predicted octanol–water partition coefficient (Wildman–Crippen LogP) is 1.44. The fourth-order valence-corrected chi connectivity index (χ4v) is 2.45. The van der Waals surface area contributed by atoms with Crippen LogP contribution in [0.3, 0.4) is 0 Å². The third kappa shape index (κ3) is 3.51. The molecule has 0 spiro atoms. The van der Waals surface area contributed by atoms with E-state index >= 15 is 0 Å². The van der Waals surface area contributed by atoms with Crippen molar-refractivity contribution in [2.75, 3.05) is 20.6 Å². The zero-order chi connectivity index (χ0) is 14.0. The first-order chi connectivity index (χ1) is 8.17. The molecule has 6 heteroatoms. The molecule has 0 aliphatic heterocycles. The minimum atomic E-state index is -3.81. The second-order valence-corrected chi connectivity index (χ2v) is 6.70. The van der Waals surface area contributed by atoms with Crippen LogP contribution in [0.4, 0.5) is 4.39 Å². The number of nitrogens with one attached hydrogen (secondary N) is 1. The first kappa shape index (κ1) is 15.1. The van der Waals surface area contributed by atoms with Crippen LogP contribution in [-0.2, 0) is 10.0 Å². The van der Waals surface area contributed by atoms with E-state index in [1.54, 1.807) is 0 Å². The average Bonchev–Trinajstić information content (AvgIpc) is 2.27. The van der Waals surface area contributed by atoms with Crippen molar-refractivity contribution >= 4 is 10.0 Å². The van der Waals surface area contributed by atoms with Crippen molar-refractivity contribution in [2.24, 2.45) is 0 Å². The van der Waals surface area contributed by atoms with Crippen molar-refractivity contribution in [1.82, 2.24) is 9.62 Å². The molecule has 102 valence electrons. The van der Waals surface area contributed by atoms with Crippen LogP contribution in [0.5, 0.6) is 0 Å². The molecular weight excluding hydrogens is 255 g/mol. The van der Waals surface area contributed by atoms with Crippen LogP contribution in [0.1, 0.15) is 13.8 Å². The highest BCUT2D eigenvalue weighted by Gasteiger charge is 2.25. The van der Waals surface area contributed by atoms with Gasteiger partial charge in [-0.3, -0.25) is 0 Å². The second kappa shape index (κ2) is 5.34. The summed E-state index contributed by atoms with van der Waals surface area (Å²) in [6.07, 6.45) is 0. The van der Waals surface area contributed by atoms with E-state index in [0.29, 0.717) is 0 Å². The summed E-state index contributed by atoms with van der Waals surface area (Å²) in [6.45, 7) is 4.00. The van der Waals surface area contributed by atoms with Gasteiger partial charge in [0.05, 0.1) is 0 Å². The molecule has 0 atom stereocenters. The molecule has 1 aromatic rings. The van der Waals surface area contributed by atoms with E-state index in [0.717, 1.165) is 6.07 Å². The van der Waals surface area contributed by atoms with Crippen molar-refractivity contribution in [1.29, 1.82) is 0 Å². The predicted molar refractivity (Wildman–Crippen MR) is 69.4 cm³/mol. The molecule has 0 radical (unpaired) electrons. The summed E-state index contributed by atoms with van der Waals surface area (Å²) in [5.74, 6) is -0.743. The van der Waals surface area contributed by atoms with Gasteiger partial charge in [0, 0.05) is 12.1 Å². The lowest BCUT2D eigenvalue weighted by molar-refractivity contribution is 0.199. The molecule has 0 amide bonds. The summed E-state index contributed by atoms with van der Waals surface area (Å²) >= 11 is 0. The van der Waals surface area contributed by atoms with Crippen LogP contribution in [0.15, 0.2) is 29.2 Å². The van der Waals surface area contributed by atoms with Crippen molar-refractivity contribution in [2.45, 2.75) is 24.3 Å². The molecule has 18 heavy (non-hydrogen) atoms. The van der Waals surface area contributed by atoms with Gasteiger partial charge in [0.2, 0.25) is 10.0 Å². The van der Waals surface area contributed by atoms with Crippen LogP contribution in [0.2, 0.25) is 0 Å². The van der Waals surface area contributed by atoms with Crippen LogP contribution in [-0.4, -0.2) is 39.5 Å². The minimum Gasteiger partial charge on any atom is -0.303 e. The fraction of sp³-hybridized carbons (Fsp3) is 0.500. The largest absolute Gasteiger partial charge is 0.303 e. The molecule has 0 aliphatic rings. The van der Waals surface area contributed by atoms with E-state index in [2.05, 4.69) is 4.72 Å². The van der Waals surface area contributed by atoms with Gasteiger partial charge in [0.25, 0.3) is 0 Å². The summed E-state index contributed by atoms with van der Waals surface area (Å²) in [6, 6.07) is 5.33. The topological polar surface area (TPSA) is 49.4 Å². The summed E-state index contributed by atoms with van der Waals surface area (Å²) < 4.78 is 39.8. The zero-order valence-electron chi connectivity index (χ0n) is 11.1. The Morgan fingerprint density at radius 3 is 2.33 bits per heavy atom. The maximum atomic E-state index is 13.4. The number of hydrogen-bond donors (Lipinski definition) is 1. The third-order valence-corrected chi connectivity index (χ3v) is 4.47. The van der Waals surface area contributed by atoms with E-state index in [4.69, 9.17) is 0 Å². The molecule has 0 heterocycles. The van der Waals surface area contributed by atoms with E-state index in [1.807, 2.05) is 32.8 Å². The average molecular weight is 274 g/mol. The third-order valence-electron chi connectivity index (χ3n) is 3.03. The van der Waals surface area contributed by atoms with Gasteiger partial charge in [0.15, 0.2) is 0 Å². The smallest absolute Gasteiger partial charge is 0.243 e.